The lowest BCUT2D eigenvalue weighted by molar-refractivity contribution is 0.0748. The van der Waals surface area contributed by atoms with Gasteiger partial charge in [0.15, 0.2) is 0 Å². The van der Waals surface area contributed by atoms with Crippen molar-refractivity contribution in [2.75, 3.05) is 31.1 Å². The van der Waals surface area contributed by atoms with Gasteiger partial charge in [0.25, 0.3) is 5.91 Å². The van der Waals surface area contributed by atoms with E-state index in [1.807, 2.05) is 29.2 Å². The summed E-state index contributed by atoms with van der Waals surface area (Å²) in [7, 11) is 0. The number of piperazine rings is 1. The average Bonchev–Trinajstić information content (AvgIpc) is 3.08. The predicted molar refractivity (Wildman–Crippen MR) is 108 cm³/mol. The van der Waals surface area contributed by atoms with E-state index in [4.69, 9.17) is 0 Å². The van der Waals surface area contributed by atoms with Gasteiger partial charge in [-0.25, -0.2) is 0 Å². The molecule has 1 aromatic heterocycles. The number of rotatable bonds is 2. The van der Waals surface area contributed by atoms with E-state index < -0.39 is 0 Å². The quantitative estimate of drug-likeness (QED) is 0.701. The number of aryl methyl sites for hydroxylation is 1. The van der Waals surface area contributed by atoms with Gasteiger partial charge in [0.05, 0.1) is 11.1 Å². The Hall–Kier alpha value is -3.08. The van der Waals surface area contributed by atoms with E-state index in [2.05, 4.69) is 36.1 Å². The minimum atomic E-state index is -0.0884. The van der Waals surface area contributed by atoms with Crippen LogP contribution in [0.1, 0.15) is 27.6 Å². The van der Waals surface area contributed by atoms with E-state index in [0.717, 1.165) is 24.0 Å². The molecule has 138 valence electrons. The van der Waals surface area contributed by atoms with Crippen LogP contribution in [0.5, 0.6) is 0 Å². The Bertz CT molecular complexity index is 1010. The summed E-state index contributed by atoms with van der Waals surface area (Å²) < 4.78 is 1.56. The number of anilines is 1. The van der Waals surface area contributed by atoms with Crippen LogP contribution in [0.4, 0.5) is 5.69 Å². The van der Waals surface area contributed by atoms with Gasteiger partial charge in [0.2, 0.25) is 5.91 Å². The van der Waals surface area contributed by atoms with E-state index in [0.29, 0.717) is 18.7 Å². The van der Waals surface area contributed by atoms with Crippen LogP contribution in [-0.4, -0.2) is 47.5 Å². The molecule has 5 heteroatoms. The van der Waals surface area contributed by atoms with Gasteiger partial charge in [-0.1, -0.05) is 30.3 Å². The van der Waals surface area contributed by atoms with Crippen molar-refractivity contribution in [1.29, 1.82) is 0 Å². The van der Waals surface area contributed by atoms with E-state index in [1.165, 1.54) is 18.2 Å². The van der Waals surface area contributed by atoms with Crippen molar-refractivity contribution < 1.29 is 9.59 Å². The first-order chi connectivity index (χ1) is 13.0. The maximum Gasteiger partial charge on any atom is 0.256 e. The zero-order chi connectivity index (χ0) is 19.0. The molecule has 2 heterocycles. The molecule has 3 aromatic rings. The number of carbonyl (C=O) groups is 2. The number of carbonyl (C=O) groups excluding carboxylic acids is 2. The Morgan fingerprint density at radius 1 is 0.926 bits per heavy atom. The number of hydrogen-bond acceptors (Lipinski definition) is 3. The molecule has 0 radical (unpaired) electrons. The number of fused-ring (bicyclic) bond motifs is 1. The van der Waals surface area contributed by atoms with Crippen LogP contribution in [0.2, 0.25) is 0 Å². The zero-order valence-corrected chi connectivity index (χ0v) is 15.7. The molecule has 4 rings (SSSR count). The van der Waals surface area contributed by atoms with Crippen LogP contribution in [0.3, 0.4) is 0 Å². The van der Waals surface area contributed by atoms with Gasteiger partial charge >= 0.3 is 0 Å². The molecule has 0 bridgehead atoms. The molecule has 0 spiro atoms. The summed E-state index contributed by atoms with van der Waals surface area (Å²) in [6.45, 7) is 6.56. The number of hydrogen-bond donors (Lipinski definition) is 0. The van der Waals surface area contributed by atoms with E-state index in [1.54, 1.807) is 10.8 Å². The van der Waals surface area contributed by atoms with E-state index >= 15 is 0 Å². The van der Waals surface area contributed by atoms with Crippen LogP contribution >= 0.6 is 0 Å². The van der Waals surface area contributed by atoms with Crippen LogP contribution in [0.15, 0.2) is 54.7 Å². The highest BCUT2D eigenvalue weighted by Crippen LogP contribution is 2.24. The Morgan fingerprint density at radius 2 is 1.67 bits per heavy atom. The van der Waals surface area contributed by atoms with Gasteiger partial charge in [-0.05, 0) is 30.7 Å². The van der Waals surface area contributed by atoms with Gasteiger partial charge in [0, 0.05) is 50.4 Å². The number of aromatic nitrogens is 1. The topological polar surface area (TPSA) is 45.6 Å². The molecule has 1 aliphatic rings. The summed E-state index contributed by atoms with van der Waals surface area (Å²) in [5, 5.41) is 0.832. The summed E-state index contributed by atoms with van der Waals surface area (Å²) in [6.07, 6.45) is 1.68. The second-order valence-electron chi connectivity index (χ2n) is 7.07. The normalized spacial score (nSPS) is 14.6. The number of benzene rings is 2. The largest absolute Gasteiger partial charge is 0.368 e. The van der Waals surface area contributed by atoms with Crippen molar-refractivity contribution in [2.24, 2.45) is 0 Å². The summed E-state index contributed by atoms with van der Waals surface area (Å²) >= 11 is 0. The standard InChI is InChI=1S/C22H23N3O2/c1-16-6-5-7-18(14-16)23-10-12-24(13-11-23)22(27)20-15-25(17(2)26)21-9-4-3-8-19(20)21/h3-9,14-15H,10-13H2,1-2H3. The van der Waals surface area contributed by atoms with E-state index in [9.17, 15) is 9.59 Å². The monoisotopic (exact) mass is 361 g/mol. The zero-order valence-electron chi connectivity index (χ0n) is 15.7. The average molecular weight is 361 g/mol. The van der Waals surface area contributed by atoms with Crippen molar-refractivity contribution in [3.05, 3.63) is 65.9 Å². The van der Waals surface area contributed by atoms with Crippen molar-refractivity contribution >= 4 is 28.4 Å². The van der Waals surface area contributed by atoms with Crippen LogP contribution in [-0.2, 0) is 0 Å². The minimum Gasteiger partial charge on any atom is -0.368 e. The highest BCUT2D eigenvalue weighted by molar-refractivity contribution is 6.09. The highest BCUT2D eigenvalue weighted by Gasteiger charge is 2.25. The third-order valence-electron chi connectivity index (χ3n) is 5.22. The predicted octanol–water partition coefficient (Wildman–Crippen LogP) is 3.57. The maximum atomic E-state index is 13.1. The molecule has 1 saturated heterocycles. The maximum absolute atomic E-state index is 13.1. The molecule has 0 unspecified atom stereocenters. The molecule has 1 aliphatic heterocycles. The smallest absolute Gasteiger partial charge is 0.256 e. The van der Waals surface area contributed by atoms with Gasteiger partial charge in [-0.3, -0.25) is 14.2 Å². The summed E-state index contributed by atoms with van der Waals surface area (Å²) in [5.74, 6) is -0.0930. The van der Waals surface area contributed by atoms with Crippen molar-refractivity contribution in [3.63, 3.8) is 0 Å². The lowest BCUT2D eigenvalue weighted by Crippen LogP contribution is -2.48. The molecular formula is C22H23N3O2. The van der Waals surface area contributed by atoms with Gasteiger partial charge < -0.3 is 9.80 Å². The molecule has 0 aliphatic carbocycles. The molecule has 0 N–H and O–H groups in total. The first-order valence-corrected chi connectivity index (χ1v) is 9.26. The third kappa shape index (κ3) is 3.21. The second-order valence-corrected chi connectivity index (χ2v) is 7.07. The minimum absolute atomic E-state index is 0.00454. The first-order valence-electron chi connectivity index (χ1n) is 9.26. The van der Waals surface area contributed by atoms with Gasteiger partial charge in [0.1, 0.15) is 0 Å². The number of amides is 1. The molecule has 0 atom stereocenters. The highest BCUT2D eigenvalue weighted by atomic mass is 16.2. The Kier molecular flexibility index (Phi) is 4.44. The third-order valence-corrected chi connectivity index (χ3v) is 5.22. The summed E-state index contributed by atoms with van der Waals surface area (Å²) in [4.78, 5) is 29.3. The second kappa shape index (κ2) is 6.91. The molecular weight excluding hydrogens is 338 g/mol. The van der Waals surface area contributed by atoms with Crippen LogP contribution in [0, 0.1) is 6.92 Å². The van der Waals surface area contributed by atoms with Crippen LogP contribution < -0.4 is 4.90 Å². The van der Waals surface area contributed by atoms with Crippen LogP contribution in [0.25, 0.3) is 10.9 Å². The SMILES string of the molecule is CC(=O)n1cc(C(=O)N2CCN(c3cccc(C)c3)CC2)c2ccccc21. The fraction of sp³-hybridized carbons (Fsp3) is 0.273. The summed E-state index contributed by atoms with van der Waals surface area (Å²) in [6, 6.07) is 16.0. The van der Waals surface area contributed by atoms with Gasteiger partial charge in [-0.2, -0.15) is 0 Å². The number of nitrogens with zero attached hydrogens (tertiary/aromatic N) is 3. The fourth-order valence-electron chi connectivity index (χ4n) is 3.77. The summed E-state index contributed by atoms with van der Waals surface area (Å²) in [5.41, 5.74) is 3.83. The molecule has 1 fully saturated rings. The lowest BCUT2D eigenvalue weighted by atomic mass is 10.1. The van der Waals surface area contributed by atoms with Crippen molar-refractivity contribution in [1.82, 2.24) is 9.47 Å². The van der Waals surface area contributed by atoms with Crippen molar-refractivity contribution in [3.8, 4) is 0 Å². The Balaban J connectivity index is 1.55. The molecule has 27 heavy (non-hydrogen) atoms. The molecule has 5 nitrogen and oxygen atoms in total. The first kappa shape index (κ1) is 17.3. The Morgan fingerprint density at radius 3 is 2.37 bits per heavy atom. The molecule has 0 saturated carbocycles. The fourth-order valence-corrected chi connectivity index (χ4v) is 3.77. The molecule has 1 amide bonds. The molecule has 2 aromatic carbocycles. The lowest BCUT2D eigenvalue weighted by Gasteiger charge is -2.36. The Labute approximate surface area is 158 Å². The van der Waals surface area contributed by atoms with Gasteiger partial charge in [-0.15, -0.1) is 0 Å². The number of para-hydroxylation sites is 1. The van der Waals surface area contributed by atoms with E-state index in [-0.39, 0.29) is 11.8 Å². The van der Waals surface area contributed by atoms with Crippen molar-refractivity contribution in [2.45, 2.75) is 13.8 Å².